The quantitative estimate of drug-likeness (QED) is 0.726. The van der Waals surface area contributed by atoms with Crippen LogP contribution >= 0.6 is 28.1 Å². The van der Waals surface area contributed by atoms with Gasteiger partial charge in [0.15, 0.2) is 0 Å². The summed E-state index contributed by atoms with van der Waals surface area (Å²) in [5.74, 6) is 0. The third kappa shape index (κ3) is 4.18. The van der Waals surface area contributed by atoms with Crippen molar-refractivity contribution >= 4 is 44.9 Å². The number of hydrogen-bond acceptors (Lipinski definition) is 2. The fourth-order valence-electron chi connectivity index (χ4n) is 2.43. The molecule has 108 valence electrons. The number of thiocarbonyl (C=S) groups is 1. The number of carbonyl (C=O) groups excluding carboxylic acids is 1. The molecule has 4 nitrogen and oxygen atoms in total. The lowest BCUT2D eigenvalue weighted by Crippen LogP contribution is -2.39. The molecule has 1 aliphatic carbocycles. The number of hydrogen-bond donors (Lipinski definition) is 3. The van der Waals surface area contributed by atoms with Crippen molar-refractivity contribution in [2.45, 2.75) is 38.1 Å². The smallest absolute Gasteiger partial charge is 0.319 e. The molecule has 0 heterocycles. The Labute approximate surface area is 132 Å². The Morgan fingerprint density at radius 2 is 2.00 bits per heavy atom. The summed E-state index contributed by atoms with van der Waals surface area (Å²) in [5, 5.41) is 5.84. The van der Waals surface area contributed by atoms with Crippen LogP contribution in [-0.2, 0) is 0 Å². The Hall–Kier alpha value is -1.14. The first-order valence-corrected chi connectivity index (χ1v) is 7.93. The number of carbonyl (C=O) groups is 1. The lowest BCUT2D eigenvalue weighted by atomic mass is 9.96. The van der Waals surface area contributed by atoms with Crippen molar-refractivity contribution in [3.05, 3.63) is 28.2 Å². The number of halogens is 1. The Bertz CT molecular complexity index is 515. The molecule has 1 aliphatic rings. The van der Waals surface area contributed by atoms with Gasteiger partial charge < -0.3 is 16.4 Å². The second-order valence-electron chi connectivity index (χ2n) is 4.99. The molecule has 20 heavy (non-hydrogen) atoms. The molecule has 2 rings (SSSR count). The highest BCUT2D eigenvalue weighted by molar-refractivity contribution is 9.10. The number of urea groups is 1. The monoisotopic (exact) mass is 355 g/mol. The summed E-state index contributed by atoms with van der Waals surface area (Å²) in [6, 6.07) is 5.51. The van der Waals surface area contributed by atoms with Gasteiger partial charge in [-0.3, -0.25) is 0 Å². The summed E-state index contributed by atoms with van der Waals surface area (Å²) in [6.45, 7) is 0. The minimum Gasteiger partial charge on any atom is -0.389 e. The van der Waals surface area contributed by atoms with Gasteiger partial charge in [0.05, 0.1) is 5.69 Å². The lowest BCUT2D eigenvalue weighted by molar-refractivity contribution is 0.244. The minimum atomic E-state index is -0.201. The number of nitrogens with two attached hydrogens (primary N) is 1. The zero-order chi connectivity index (χ0) is 14.5. The highest BCUT2D eigenvalue weighted by atomic mass is 79.9. The molecule has 1 aromatic carbocycles. The Morgan fingerprint density at radius 1 is 1.30 bits per heavy atom. The number of benzene rings is 1. The molecule has 0 atom stereocenters. The van der Waals surface area contributed by atoms with Gasteiger partial charge in [-0.2, -0.15) is 0 Å². The van der Waals surface area contributed by atoms with Gasteiger partial charge in [0.25, 0.3) is 0 Å². The van der Waals surface area contributed by atoms with Gasteiger partial charge in [0, 0.05) is 16.1 Å². The number of nitrogens with one attached hydrogen (secondary N) is 2. The molecular formula is C14H18BrN3OS. The molecule has 0 aromatic heterocycles. The van der Waals surface area contributed by atoms with Crippen molar-refractivity contribution < 1.29 is 4.79 Å². The molecule has 0 radical (unpaired) electrons. The van der Waals surface area contributed by atoms with Crippen LogP contribution < -0.4 is 16.4 Å². The van der Waals surface area contributed by atoms with Gasteiger partial charge in [-0.1, -0.05) is 47.4 Å². The van der Waals surface area contributed by atoms with E-state index in [-0.39, 0.29) is 17.1 Å². The Morgan fingerprint density at radius 3 is 2.65 bits per heavy atom. The molecule has 1 fully saturated rings. The number of amides is 2. The molecule has 2 amide bonds. The summed E-state index contributed by atoms with van der Waals surface area (Å²) < 4.78 is 0.866. The summed E-state index contributed by atoms with van der Waals surface area (Å²) in [6.07, 6.45) is 5.72. The Kier molecular flexibility index (Phi) is 5.37. The highest BCUT2D eigenvalue weighted by Gasteiger charge is 2.16. The average molecular weight is 356 g/mol. The van der Waals surface area contributed by atoms with Crippen molar-refractivity contribution in [3.8, 4) is 0 Å². The second-order valence-corrected chi connectivity index (χ2v) is 6.34. The zero-order valence-electron chi connectivity index (χ0n) is 11.1. The van der Waals surface area contributed by atoms with Gasteiger partial charge >= 0.3 is 6.03 Å². The Balaban J connectivity index is 2.03. The molecule has 0 unspecified atom stereocenters. The maximum absolute atomic E-state index is 12.0. The molecular weight excluding hydrogens is 338 g/mol. The minimum absolute atomic E-state index is 0.201. The predicted octanol–water partition coefficient (Wildman–Crippen LogP) is 3.54. The summed E-state index contributed by atoms with van der Waals surface area (Å²) in [5.41, 5.74) is 6.96. The van der Waals surface area contributed by atoms with Gasteiger partial charge in [-0.15, -0.1) is 0 Å². The van der Waals surface area contributed by atoms with Crippen molar-refractivity contribution in [2.24, 2.45) is 5.73 Å². The first kappa shape index (κ1) is 15.3. The van der Waals surface area contributed by atoms with Crippen molar-refractivity contribution in [3.63, 3.8) is 0 Å². The van der Waals surface area contributed by atoms with Gasteiger partial charge in [-0.05, 0) is 31.0 Å². The van der Waals surface area contributed by atoms with Gasteiger partial charge in [-0.25, -0.2) is 4.79 Å². The van der Waals surface area contributed by atoms with Gasteiger partial charge in [0.2, 0.25) is 0 Å². The van der Waals surface area contributed by atoms with E-state index in [1.165, 1.54) is 19.3 Å². The third-order valence-electron chi connectivity index (χ3n) is 3.44. The van der Waals surface area contributed by atoms with Crippen molar-refractivity contribution in [2.75, 3.05) is 5.32 Å². The molecule has 0 spiro atoms. The van der Waals surface area contributed by atoms with Crippen LogP contribution in [0.1, 0.15) is 37.7 Å². The second kappa shape index (κ2) is 7.04. The van der Waals surface area contributed by atoms with E-state index in [9.17, 15) is 4.79 Å². The molecule has 4 N–H and O–H groups in total. The SMILES string of the molecule is NC(=S)c1ccc(Br)cc1NC(=O)NC1CCCCC1. The molecule has 1 saturated carbocycles. The van der Waals surface area contributed by atoms with Crippen LogP contribution in [0.15, 0.2) is 22.7 Å². The van der Waals surface area contributed by atoms with E-state index in [1.807, 2.05) is 6.07 Å². The first-order chi connectivity index (χ1) is 9.56. The molecule has 6 heteroatoms. The van der Waals surface area contributed by atoms with E-state index in [0.29, 0.717) is 11.3 Å². The molecule has 0 aliphatic heterocycles. The topological polar surface area (TPSA) is 67.1 Å². The highest BCUT2D eigenvalue weighted by Crippen LogP contribution is 2.22. The average Bonchev–Trinajstić information content (AvgIpc) is 2.39. The normalized spacial score (nSPS) is 15.7. The van der Waals surface area contributed by atoms with E-state index < -0.39 is 0 Å². The van der Waals surface area contributed by atoms with Crippen LogP contribution in [-0.4, -0.2) is 17.1 Å². The largest absolute Gasteiger partial charge is 0.389 e. The van der Waals surface area contributed by atoms with E-state index in [2.05, 4.69) is 26.6 Å². The van der Waals surface area contributed by atoms with E-state index >= 15 is 0 Å². The fraction of sp³-hybridized carbons (Fsp3) is 0.429. The number of rotatable bonds is 3. The van der Waals surface area contributed by atoms with Crippen LogP contribution in [0.5, 0.6) is 0 Å². The number of anilines is 1. The zero-order valence-corrected chi connectivity index (χ0v) is 13.5. The van der Waals surface area contributed by atoms with Gasteiger partial charge in [0.1, 0.15) is 4.99 Å². The van der Waals surface area contributed by atoms with Crippen molar-refractivity contribution in [1.82, 2.24) is 5.32 Å². The summed E-state index contributed by atoms with van der Waals surface area (Å²) >= 11 is 8.38. The third-order valence-corrected chi connectivity index (χ3v) is 4.15. The molecule has 0 bridgehead atoms. The summed E-state index contributed by atoms with van der Waals surface area (Å²) in [4.78, 5) is 12.3. The van der Waals surface area contributed by atoms with E-state index in [4.69, 9.17) is 18.0 Å². The molecule has 1 aromatic rings. The van der Waals surface area contributed by atoms with Crippen LogP contribution in [0.25, 0.3) is 0 Å². The van der Waals surface area contributed by atoms with Crippen LogP contribution in [0.3, 0.4) is 0 Å². The van der Waals surface area contributed by atoms with Crippen LogP contribution in [0.4, 0.5) is 10.5 Å². The van der Waals surface area contributed by atoms with Crippen LogP contribution in [0.2, 0.25) is 0 Å². The predicted molar refractivity (Wildman–Crippen MR) is 89.1 cm³/mol. The summed E-state index contributed by atoms with van der Waals surface area (Å²) in [7, 11) is 0. The fourth-order valence-corrected chi connectivity index (χ4v) is 2.96. The maximum atomic E-state index is 12.0. The van der Waals surface area contributed by atoms with E-state index in [0.717, 1.165) is 17.3 Å². The molecule has 0 saturated heterocycles. The van der Waals surface area contributed by atoms with Crippen LogP contribution in [0, 0.1) is 0 Å². The van der Waals surface area contributed by atoms with E-state index in [1.54, 1.807) is 12.1 Å². The standard InChI is InChI=1S/C14H18BrN3OS/c15-9-6-7-11(13(16)20)12(8-9)18-14(19)17-10-4-2-1-3-5-10/h6-8,10H,1-5H2,(H2,16,20)(H2,17,18,19). The van der Waals surface area contributed by atoms with Crippen molar-refractivity contribution in [1.29, 1.82) is 0 Å². The lowest BCUT2D eigenvalue weighted by Gasteiger charge is -2.23. The first-order valence-electron chi connectivity index (χ1n) is 6.73. The maximum Gasteiger partial charge on any atom is 0.319 e.